The Morgan fingerprint density at radius 3 is 2.50 bits per heavy atom. The average Bonchev–Trinajstić information content (AvgIpc) is 2.42. The predicted octanol–water partition coefficient (Wildman–Crippen LogP) is 3.95. The van der Waals surface area contributed by atoms with Crippen LogP contribution >= 0.6 is 0 Å². The first-order valence-electron chi connectivity index (χ1n) is 5.11. The summed E-state index contributed by atoms with van der Waals surface area (Å²) in [4.78, 5) is 0. The number of hydrogen-bond acceptors (Lipinski definition) is 0. The molecular weight excluding hydrogens is 168 g/mol. The molecule has 0 amide bonds. The summed E-state index contributed by atoms with van der Waals surface area (Å²) >= 11 is 0. The molecule has 0 spiro atoms. The van der Waals surface area contributed by atoms with Crippen LogP contribution in [0.25, 0.3) is 6.08 Å². The number of allylic oxidation sites excluding steroid dienone is 1. The van der Waals surface area contributed by atoms with Gasteiger partial charge in [0.15, 0.2) is 0 Å². The lowest BCUT2D eigenvalue weighted by Gasteiger charge is -2.18. The van der Waals surface area contributed by atoms with E-state index in [2.05, 4.69) is 57.5 Å². The minimum Gasteiger partial charge on any atom is -0.0619 e. The highest BCUT2D eigenvalue weighted by Gasteiger charge is 2.18. The minimum absolute atomic E-state index is 0.348. The van der Waals surface area contributed by atoms with Gasteiger partial charge in [0.25, 0.3) is 0 Å². The highest BCUT2D eigenvalue weighted by atomic mass is 14.2. The molecule has 0 fully saturated rings. The zero-order valence-corrected chi connectivity index (χ0v) is 9.09. The Balaban J connectivity index is 2.16. The molecule has 0 heteroatoms. The summed E-state index contributed by atoms with van der Waals surface area (Å²) in [5.74, 6) is 0. The first-order valence-corrected chi connectivity index (χ1v) is 5.11. The Hall–Kier alpha value is -1.04. The van der Waals surface area contributed by atoms with Crippen LogP contribution in [0.4, 0.5) is 0 Å². The van der Waals surface area contributed by atoms with E-state index in [-0.39, 0.29) is 0 Å². The number of hydrogen-bond donors (Lipinski definition) is 0. The van der Waals surface area contributed by atoms with Crippen LogP contribution in [0.15, 0.2) is 29.8 Å². The largest absolute Gasteiger partial charge is 0.0619 e. The second-order valence-electron chi connectivity index (χ2n) is 5.12. The van der Waals surface area contributed by atoms with Gasteiger partial charge in [-0.05, 0) is 23.0 Å². The van der Waals surface area contributed by atoms with E-state index in [1.807, 2.05) is 0 Å². The standard InChI is InChI=1S/C14H16/c1-14(2,3)10-11-8-12-6-4-5-7-13(12)9-11/h4-8H,10H2,1-3H3. The van der Waals surface area contributed by atoms with Crippen LogP contribution in [0.1, 0.15) is 38.3 Å². The molecule has 0 atom stereocenters. The van der Waals surface area contributed by atoms with Gasteiger partial charge in [0.05, 0.1) is 0 Å². The van der Waals surface area contributed by atoms with E-state index in [0.29, 0.717) is 5.41 Å². The second-order valence-corrected chi connectivity index (χ2v) is 5.12. The fourth-order valence-electron chi connectivity index (χ4n) is 1.80. The lowest BCUT2D eigenvalue weighted by atomic mass is 9.87. The molecular formula is C14H16. The van der Waals surface area contributed by atoms with E-state index in [0.717, 1.165) is 6.42 Å². The van der Waals surface area contributed by atoms with Crippen molar-refractivity contribution in [1.82, 2.24) is 0 Å². The van der Waals surface area contributed by atoms with Crippen LogP contribution in [0, 0.1) is 11.8 Å². The Morgan fingerprint density at radius 2 is 1.86 bits per heavy atom. The van der Waals surface area contributed by atoms with E-state index in [1.54, 1.807) is 0 Å². The number of rotatable bonds is 1. The Kier molecular flexibility index (Phi) is 2.22. The third-order valence-electron chi connectivity index (χ3n) is 2.31. The van der Waals surface area contributed by atoms with Crippen molar-refractivity contribution in [3.05, 3.63) is 47.4 Å². The quantitative estimate of drug-likeness (QED) is 0.620. The Morgan fingerprint density at radius 1 is 1.14 bits per heavy atom. The van der Waals surface area contributed by atoms with E-state index < -0.39 is 0 Å². The second kappa shape index (κ2) is 3.27. The highest BCUT2D eigenvalue weighted by molar-refractivity contribution is 5.69. The smallest absolute Gasteiger partial charge is 0.0464 e. The average molecular weight is 184 g/mol. The van der Waals surface area contributed by atoms with Crippen molar-refractivity contribution < 1.29 is 0 Å². The molecule has 1 aliphatic rings. The molecule has 2 radical (unpaired) electrons. The van der Waals surface area contributed by atoms with E-state index in [9.17, 15) is 0 Å². The van der Waals surface area contributed by atoms with E-state index in [4.69, 9.17) is 0 Å². The van der Waals surface area contributed by atoms with Crippen molar-refractivity contribution in [3.63, 3.8) is 0 Å². The molecule has 0 unspecified atom stereocenters. The maximum absolute atomic E-state index is 3.45. The molecule has 2 rings (SSSR count). The first kappa shape index (κ1) is 9.51. The van der Waals surface area contributed by atoms with E-state index >= 15 is 0 Å². The van der Waals surface area contributed by atoms with Gasteiger partial charge in [-0.3, -0.25) is 0 Å². The molecule has 1 aliphatic carbocycles. The van der Waals surface area contributed by atoms with Crippen LogP contribution < -0.4 is 0 Å². The molecule has 0 aromatic heterocycles. The van der Waals surface area contributed by atoms with Gasteiger partial charge in [0, 0.05) is 6.42 Å². The van der Waals surface area contributed by atoms with E-state index in [1.165, 1.54) is 16.7 Å². The topological polar surface area (TPSA) is 0 Å². The molecule has 0 aliphatic heterocycles. The normalized spacial score (nSPS) is 15.2. The summed E-state index contributed by atoms with van der Waals surface area (Å²) in [6.45, 7) is 6.79. The van der Waals surface area contributed by atoms with Crippen molar-refractivity contribution in [2.45, 2.75) is 27.2 Å². The van der Waals surface area contributed by atoms with Crippen molar-refractivity contribution in [3.8, 4) is 0 Å². The van der Waals surface area contributed by atoms with Crippen LogP contribution in [0.5, 0.6) is 0 Å². The third-order valence-corrected chi connectivity index (χ3v) is 2.31. The molecule has 0 nitrogen and oxygen atoms in total. The van der Waals surface area contributed by atoms with Gasteiger partial charge >= 0.3 is 0 Å². The predicted molar refractivity (Wildman–Crippen MR) is 60.8 cm³/mol. The molecule has 0 saturated carbocycles. The fraction of sp³-hybridized carbons (Fsp3) is 0.357. The molecule has 72 valence electrons. The van der Waals surface area contributed by atoms with Gasteiger partial charge in [-0.25, -0.2) is 0 Å². The molecule has 1 aromatic carbocycles. The third kappa shape index (κ3) is 2.06. The van der Waals surface area contributed by atoms with Crippen LogP contribution in [0.2, 0.25) is 0 Å². The summed E-state index contributed by atoms with van der Waals surface area (Å²) in [6, 6.07) is 8.43. The zero-order chi connectivity index (χ0) is 10.2. The lowest BCUT2D eigenvalue weighted by molar-refractivity contribution is 0.413. The van der Waals surface area contributed by atoms with Gasteiger partial charge in [0.2, 0.25) is 0 Å². The molecule has 0 N–H and O–H groups in total. The van der Waals surface area contributed by atoms with Crippen molar-refractivity contribution in [2.75, 3.05) is 0 Å². The number of benzene rings is 1. The first-order chi connectivity index (χ1) is 6.54. The lowest BCUT2D eigenvalue weighted by Crippen LogP contribution is -2.05. The maximum atomic E-state index is 3.45. The molecule has 1 aromatic rings. The SMILES string of the molecule is CC(C)(C)CC1=Cc2ccccc2[C]1. The number of fused-ring (bicyclic) bond motifs is 1. The summed E-state index contributed by atoms with van der Waals surface area (Å²) in [5, 5.41) is 0. The fourth-order valence-corrected chi connectivity index (χ4v) is 1.80. The Bertz CT molecular complexity index is 364. The monoisotopic (exact) mass is 184 g/mol. The van der Waals surface area contributed by atoms with Crippen molar-refractivity contribution in [1.29, 1.82) is 0 Å². The van der Waals surface area contributed by atoms with Gasteiger partial charge in [0.1, 0.15) is 0 Å². The maximum Gasteiger partial charge on any atom is 0.0464 e. The van der Waals surface area contributed by atoms with Crippen molar-refractivity contribution in [2.24, 2.45) is 5.41 Å². The van der Waals surface area contributed by atoms with Gasteiger partial charge in [-0.2, -0.15) is 0 Å². The van der Waals surface area contributed by atoms with Crippen molar-refractivity contribution >= 4 is 6.08 Å². The molecule has 0 heterocycles. The van der Waals surface area contributed by atoms with Crippen LogP contribution in [-0.4, -0.2) is 0 Å². The van der Waals surface area contributed by atoms with Gasteiger partial charge in [-0.15, -0.1) is 0 Å². The summed E-state index contributed by atoms with van der Waals surface area (Å²) in [7, 11) is 0. The van der Waals surface area contributed by atoms with Gasteiger partial charge < -0.3 is 0 Å². The van der Waals surface area contributed by atoms with Crippen LogP contribution in [-0.2, 0) is 0 Å². The minimum atomic E-state index is 0.348. The molecule has 14 heavy (non-hydrogen) atoms. The summed E-state index contributed by atoms with van der Waals surface area (Å²) in [6.07, 6.45) is 6.80. The van der Waals surface area contributed by atoms with Gasteiger partial charge in [-0.1, -0.05) is 56.7 Å². The highest BCUT2D eigenvalue weighted by Crippen LogP contribution is 2.34. The Labute approximate surface area is 86.7 Å². The molecule has 0 bridgehead atoms. The molecule has 0 saturated heterocycles. The summed E-state index contributed by atoms with van der Waals surface area (Å²) in [5.41, 5.74) is 4.23. The zero-order valence-electron chi connectivity index (χ0n) is 9.09. The summed E-state index contributed by atoms with van der Waals surface area (Å²) < 4.78 is 0. The van der Waals surface area contributed by atoms with Crippen LogP contribution in [0.3, 0.4) is 0 Å².